The van der Waals surface area contributed by atoms with Crippen LogP contribution in [0.4, 0.5) is 8.78 Å². The van der Waals surface area contributed by atoms with Crippen LogP contribution in [0.1, 0.15) is 11.5 Å². The van der Waals surface area contributed by atoms with Gasteiger partial charge in [-0.1, -0.05) is 29.4 Å². The summed E-state index contributed by atoms with van der Waals surface area (Å²) in [5, 5.41) is 12.8. The van der Waals surface area contributed by atoms with Crippen LogP contribution < -0.4 is 0 Å². The Morgan fingerprint density at radius 3 is 2.76 bits per heavy atom. The Morgan fingerprint density at radius 1 is 1.33 bits per heavy atom. The van der Waals surface area contributed by atoms with E-state index in [4.69, 9.17) is 9.63 Å². The van der Waals surface area contributed by atoms with Crippen LogP contribution in [0.15, 0.2) is 28.8 Å². The van der Waals surface area contributed by atoms with Crippen molar-refractivity contribution in [2.45, 2.75) is 19.9 Å². The van der Waals surface area contributed by atoms with Crippen LogP contribution in [-0.4, -0.2) is 46.3 Å². The molecule has 5 nitrogen and oxygen atoms in total. The molecule has 0 aliphatic carbocycles. The summed E-state index contributed by atoms with van der Waals surface area (Å²) in [6, 6.07) is 7.58. The molecule has 7 heteroatoms. The van der Waals surface area contributed by atoms with Crippen molar-refractivity contribution in [3.8, 4) is 11.4 Å². The summed E-state index contributed by atoms with van der Waals surface area (Å²) in [5.41, 5.74) is 1.85. The smallest absolute Gasteiger partial charge is 0.251 e. The fraction of sp³-hybridized carbons (Fsp3) is 0.429. The highest BCUT2D eigenvalue weighted by Gasteiger charge is 2.16. The zero-order chi connectivity index (χ0) is 15.2. The Labute approximate surface area is 121 Å². The van der Waals surface area contributed by atoms with E-state index >= 15 is 0 Å². The molecule has 0 spiro atoms. The third kappa shape index (κ3) is 4.30. The van der Waals surface area contributed by atoms with E-state index in [1.807, 2.05) is 31.2 Å². The number of halogens is 2. The number of benzene rings is 1. The van der Waals surface area contributed by atoms with Gasteiger partial charge in [-0.15, -0.1) is 0 Å². The molecule has 0 bridgehead atoms. The van der Waals surface area contributed by atoms with Gasteiger partial charge in [-0.05, 0) is 12.5 Å². The largest absolute Gasteiger partial charge is 0.395 e. The van der Waals surface area contributed by atoms with Crippen molar-refractivity contribution in [1.29, 1.82) is 0 Å². The lowest BCUT2D eigenvalue weighted by molar-refractivity contribution is 0.0692. The van der Waals surface area contributed by atoms with Crippen LogP contribution in [0.25, 0.3) is 11.4 Å². The molecule has 1 heterocycles. The Bertz CT molecular complexity index is 575. The van der Waals surface area contributed by atoms with Crippen LogP contribution in [0, 0.1) is 6.92 Å². The first-order valence-electron chi connectivity index (χ1n) is 6.60. The third-order valence-electron chi connectivity index (χ3n) is 3.03. The summed E-state index contributed by atoms with van der Waals surface area (Å²) in [6.07, 6.45) is -2.48. The van der Waals surface area contributed by atoms with E-state index in [1.165, 1.54) is 4.90 Å². The molecule has 0 saturated heterocycles. The normalized spacial score (nSPS) is 11.5. The van der Waals surface area contributed by atoms with Gasteiger partial charge < -0.3 is 9.63 Å². The molecule has 114 valence electrons. The van der Waals surface area contributed by atoms with E-state index in [9.17, 15) is 8.78 Å². The van der Waals surface area contributed by atoms with Crippen molar-refractivity contribution in [3.63, 3.8) is 0 Å². The van der Waals surface area contributed by atoms with Gasteiger partial charge in [0.05, 0.1) is 19.7 Å². The summed E-state index contributed by atoms with van der Waals surface area (Å²) in [6.45, 7) is 1.50. The van der Waals surface area contributed by atoms with Crippen molar-refractivity contribution in [3.05, 3.63) is 35.7 Å². The van der Waals surface area contributed by atoms with Gasteiger partial charge in [0.2, 0.25) is 11.7 Å². The molecule has 0 radical (unpaired) electrons. The first-order valence-corrected chi connectivity index (χ1v) is 6.60. The van der Waals surface area contributed by atoms with Gasteiger partial charge in [0.15, 0.2) is 0 Å². The Balaban J connectivity index is 2.10. The molecule has 0 unspecified atom stereocenters. The van der Waals surface area contributed by atoms with Crippen LogP contribution in [-0.2, 0) is 6.54 Å². The molecular weight excluding hydrogens is 280 g/mol. The van der Waals surface area contributed by atoms with Crippen molar-refractivity contribution in [1.82, 2.24) is 15.0 Å². The molecule has 1 aromatic carbocycles. The number of rotatable bonds is 7. The van der Waals surface area contributed by atoms with Crippen molar-refractivity contribution < 1.29 is 18.4 Å². The van der Waals surface area contributed by atoms with E-state index in [0.29, 0.717) is 5.82 Å². The standard InChI is InChI=1S/C14H17F2N3O2/c1-10-4-2-3-5-11(10)14-17-13(21-18-14)9-19(6-7-20)8-12(15)16/h2-5,12,20H,6-9H2,1H3. The fourth-order valence-corrected chi connectivity index (χ4v) is 2.02. The molecule has 0 fully saturated rings. The summed E-state index contributed by atoms with van der Waals surface area (Å²) in [4.78, 5) is 5.60. The first-order chi connectivity index (χ1) is 10.1. The number of aliphatic hydroxyl groups excluding tert-OH is 1. The van der Waals surface area contributed by atoms with E-state index in [1.54, 1.807) is 0 Å². The molecule has 0 atom stereocenters. The zero-order valence-electron chi connectivity index (χ0n) is 11.7. The highest BCUT2D eigenvalue weighted by Crippen LogP contribution is 2.20. The van der Waals surface area contributed by atoms with Gasteiger partial charge in [0, 0.05) is 12.1 Å². The fourth-order valence-electron chi connectivity index (χ4n) is 2.02. The van der Waals surface area contributed by atoms with Crippen LogP contribution in [0.3, 0.4) is 0 Å². The first kappa shape index (κ1) is 15.5. The summed E-state index contributed by atoms with van der Waals surface area (Å²) < 4.78 is 30.0. The maximum Gasteiger partial charge on any atom is 0.251 e. The molecule has 0 saturated carbocycles. The Kier molecular flexibility index (Phi) is 5.35. The molecule has 0 aliphatic rings. The summed E-state index contributed by atoms with van der Waals surface area (Å²) in [7, 11) is 0. The van der Waals surface area contributed by atoms with E-state index < -0.39 is 13.0 Å². The number of aryl methyl sites for hydroxylation is 1. The predicted molar refractivity (Wildman–Crippen MR) is 72.8 cm³/mol. The lowest BCUT2D eigenvalue weighted by Gasteiger charge is -2.18. The number of aliphatic hydroxyl groups is 1. The highest BCUT2D eigenvalue weighted by atomic mass is 19.3. The second-order valence-corrected chi connectivity index (χ2v) is 4.68. The monoisotopic (exact) mass is 297 g/mol. The SMILES string of the molecule is Cc1ccccc1-c1noc(CN(CCO)CC(F)F)n1. The van der Waals surface area contributed by atoms with Gasteiger partial charge >= 0.3 is 0 Å². The second kappa shape index (κ2) is 7.24. The van der Waals surface area contributed by atoms with Gasteiger partial charge in [-0.25, -0.2) is 8.78 Å². The van der Waals surface area contributed by atoms with Gasteiger partial charge in [0.25, 0.3) is 6.43 Å². The van der Waals surface area contributed by atoms with Crippen molar-refractivity contribution in [2.24, 2.45) is 0 Å². The minimum atomic E-state index is -2.48. The number of hydrogen-bond donors (Lipinski definition) is 1. The minimum Gasteiger partial charge on any atom is -0.395 e. The summed E-state index contributed by atoms with van der Waals surface area (Å²) in [5.74, 6) is 0.687. The molecule has 1 N–H and O–H groups in total. The minimum absolute atomic E-state index is 0.0871. The molecule has 1 aromatic heterocycles. The third-order valence-corrected chi connectivity index (χ3v) is 3.03. The quantitative estimate of drug-likeness (QED) is 0.848. The molecular formula is C14H17F2N3O2. The van der Waals surface area contributed by atoms with Crippen LogP contribution >= 0.6 is 0 Å². The predicted octanol–water partition coefficient (Wildman–Crippen LogP) is 2.10. The molecule has 0 aliphatic heterocycles. The maximum absolute atomic E-state index is 12.4. The Hall–Kier alpha value is -1.86. The molecule has 2 rings (SSSR count). The topological polar surface area (TPSA) is 62.4 Å². The summed E-state index contributed by atoms with van der Waals surface area (Å²) >= 11 is 0. The number of nitrogens with zero attached hydrogens (tertiary/aromatic N) is 3. The molecule has 21 heavy (non-hydrogen) atoms. The Morgan fingerprint density at radius 2 is 2.10 bits per heavy atom. The van der Waals surface area contributed by atoms with Crippen molar-refractivity contribution in [2.75, 3.05) is 19.7 Å². The number of hydrogen-bond acceptors (Lipinski definition) is 5. The van der Waals surface area contributed by atoms with Gasteiger partial charge in [-0.2, -0.15) is 4.98 Å². The van der Waals surface area contributed by atoms with Crippen LogP contribution in [0.5, 0.6) is 0 Å². The average Bonchev–Trinajstić information content (AvgIpc) is 2.87. The average molecular weight is 297 g/mol. The zero-order valence-corrected chi connectivity index (χ0v) is 11.7. The van der Waals surface area contributed by atoms with Gasteiger partial charge in [0.1, 0.15) is 0 Å². The van der Waals surface area contributed by atoms with Gasteiger partial charge in [-0.3, -0.25) is 4.90 Å². The molecule has 2 aromatic rings. The second-order valence-electron chi connectivity index (χ2n) is 4.68. The maximum atomic E-state index is 12.4. The van der Waals surface area contributed by atoms with Crippen LogP contribution in [0.2, 0.25) is 0 Å². The van der Waals surface area contributed by atoms with E-state index in [0.717, 1.165) is 11.1 Å². The molecule has 0 amide bonds. The van der Waals surface area contributed by atoms with E-state index in [-0.39, 0.29) is 25.6 Å². The van der Waals surface area contributed by atoms with Crippen molar-refractivity contribution >= 4 is 0 Å². The number of aromatic nitrogens is 2. The highest BCUT2D eigenvalue weighted by molar-refractivity contribution is 5.58. The number of alkyl halides is 2. The lowest BCUT2D eigenvalue weighted by atomic mass is 10.1. The van der Waals surface area contributed by atoms with E-state index in [2.05, 4.69) is 10.1 Å². The lowest BCUT2D eigenvalue weighted by Crippen LogP contribution is -2.31.